The lowest BCUT2D eigenvalue weighted by Crippen LogP contribution is -2.51. The van der Waals surface area contributed by atoms with Crippen LogP contribution in [0.3, 0.4) is 0 Å². The Morgan fingerprint density at radius 3 is 2.20 bits per heavy atom. The molecule has 4 heteroatoms. The van der Waals surface area contributed by atoms with E-state index in [1.165, 1.54) is 22.0 Å². The molecule has 25 heavy (non-hydrogen) atoms. The molecule has 0 saturated heterocycles. The molecule has 0 heterocycles. The van der Waals surface area contributed by atoms with Gasteiger partial charge in [-0.25, -0.2) is 0 Å². The molecule has 1 atom stereocenters. The van der Waals surface area contributed by atoms with Crippen LogP contribution < -0.4 is 4.43 Å². The summed E-state index contributed by atoms with van der Waals surface area (Å²) in [5, 5.41) is 0. The van der Waals surface area contributed by atoms with Crippen molar-refractivity contribution in [1.29, 1.82) is 0 Å². The summed E-state index contributed by atoms with van der Waals surface area (Å²) in [4.78, 5) is 0. The molecule has 1 aromatic rings. The predicted molar refractivity (Wildman–Crippen MR) is 113 cm³/mol. The topological polar surface area (TPSA) is 18.5 Å². The Hall–Kier alpha value is -0.323. The molecule has 0 radical (unpaired) electrons. The molecule has 2 rings (SSSR count). The molecule has 2 nitrogen and oxygen atoms in total. The summed E-state index contributed by atoms with van der Waals surface area (Å²) in [7, 11) is -1.97. The van der Waals surface area contributed by atoms with Crippen LogP contribution in [-0.2, 0) is 11.2 Å². The van der Waals surface area contributed by atoms with Gasteiger partial charge >= 0.3 is 0 Å². The number of benzene rings is 1. The first kappa shape index (κ1) is 21.0. The third-order valence-corrected chi connectivity index (χ3v) is 12.6. The molecular formula is C21H35BrO2Si. The normalized spacial score (nSPS) is 18.1. The molecule has 0 aliphatic heterocycles. The molecule has 0 spiro atoms. The fraction of sp³-hybridized carbons (Fsp3) is 0.714. The van der Waals surface area contributed by atoms with Gasteiger partial charge in [-0.15, -0.1) is 0 Å². The Morgan fingerprint density at radius 2 is 1.68 bits per heavy atom. The molecule has 0 N–H and O–H groups in total. The molecule has 0 fully saturated rings. The van der Waals surface area contributed by atoms with Gasteiger partial charge in [0.05, 0.1) is 6.10 Å². The highest BCUT2D eigenvalue weighted by Gasteiger charge is 2.47. The maximum Gasteiger partial charge on any atom is 0.258 e. The summed E-state index contributed by atoms with van der Waals surface area (Å²) in [6.07, 6.45) is 3.55. The first-order valence-corrected chi connectivity index (χ1v) is 12.8. The van der Waals surface area contributed by atoms with E-state index in [-0.39, 0.29) is 6.10 Å². The van der Waals surface area contributed by atoms with Gasteiger partial charge < -0.3 is 9.16 Å². The zero-order valence-electron chi connectivity index (χ0n) is 17.0. The van der Waals surface area contributed by atoms with Gasteiger partial charge in [-0.1, -0.05) is 57.5 Å². The zero-order chi connectivity index (χ0) is 18.8. The maximum absolute atomic E-state index is 7.05. The second-order valence-electron chi connectivity index (χ2n) is 8.19. The maximum atomic E-state index is 7.05. The quantitative estimate of drug-likeness (QED) is 0.422. The summed E-state index contributed by atoms with van der Waals surface area (Å²) < 4.78 is 14.4. The Morgan fingerprint density at radius 1 is 1.08 bits per heavy atom. The van der Waals surface area contributed by atoms with E-state index < -0.39 is 8.32 Å². The zero-order valence-corrected chi connectivity index (χ0v) is 19.6. The predicted octanol–water partition coefficient (Wildman–Crippen LogP) is 7.42. The van der Waals surface area contributed by atoms with Crippen LogP contribution in [0.2, 0.25) is 16.6 Å². The van der Waals surface area contributed by atoms with E-state index in [0.29, 0.717) is 16.6 Å². The number of hydrogen-bond donors (Lipinski definition) is 0. The van der Waals surface area contributed by atoms with Crippen molar-refractivity contribution >= 4 is 24.2 Å². The number of fused-ring (bicyclic) bond motifs is 1. The van der Waals surface area contributed by atoms with Crippen molar-refractivity contribution in [2.24, 2.45) is 0 Å². The van der Waals surface area contributed by atoms with E-state index in [9.17, 15) is 0 Å². The lowest BCUT2D eigenvalue weighted by atomic mass is 9.88. The van der Waals surface area contributed by atoms with Crippen molar-refractivity contribution in [3.63, 3.8) is 0 Å². The van der Waals surface area contributed by atoms with Gasteiger partial charge in [0, 0.05) is 16.6 Å². The van der Waals surface area contributed by atoms with Crippen LogP contribution in [0.15, 0.2) is 16.6 Å². The van der Waals surface area contributed by atoms with Gasteiger partial charge in [0.25, 0.3) is 8.32 Å². The molecule has 1 aliphatic carbocycles. The van der Waals surface area contributed by atoms with Crippen molar-refractivity contribution in [3.05, 3.63) is 27.7 Å². The highest BCUT2D eigenvalue weighted by Crippen LogP contribution is 2.47. The minimum Gasteiger partial charge on any atom is -0.542 e. The molecule has 142 valence electrons. The number of rotatable bonds is 7. The van der Waals surface area contributed by atoms with E-state index in [0.717, 1.165) is 25.2 Å². The summed E-state index contributed by atoms with van der Waals surface area (Å²) >= 11 is 3.76. The van der Waals surface area contributed by atoms with Crippen LogP contribution >= 0.6 is 15.9 Å². The Labute approximate surface area is 163 Å². The van der Waals surface area contributed by atoms with Gasteiger partial charge in [0.2, 0.25) is 0 Å². The van der Waals surface area contributed by atoms with Crippen molar-refractivity contribution < 1.29 is 9.16 Å². The molecule has 1 aliphatic rings. The molecular weight excluding hydrogens is 392 g/mol. The highest BCUT2D eigenvalue weighted by molar-refractivity contribution is 9.10. The lowest BCUT2D eigenvalue weighted by molar-refractivity contribution is 0.0486. The average molecular weight is 427 g/mol. The highest BCUT2D eigenvalue weighted by atomic mass is 79.9. The van der Waals surface area contributed by atoms with E-state index in [1.54, 1.807) is 0 Å². The van der Waals surface area contributed by atoms with Crippen molar-refractivity contribution in [3.8, 4) is 5.75 Å². The first-order valence-electron chi connectivity index (χ1n) is 9.87. The molecule has 0 saturated carbocycles. The molecule has 0 aromatic heterocycles. The lowest BCUT2D eigenvalue weighted by Gasteiger charge is -2.43. The van der Waals surface area contributed by atoms with E-state index in [2.05, 4.69) is 76.5 Å². The van der Waals surface area contributed by atoms with Gasteiger partial charge in [0.1, 0.15) is 5.75 Å². The largest absolute Gasteiger partial charge is 0.542 e. The third-order valence-electron chi connectivity index (χ3n) is 5.84. The molecule has 1 aromatic carbocycles. The summed E-state index contributed by atoms with van der Waals surface area (Å²) in [6, 6.07) is 4.35. The number of halogens is 1. The van der Waals surface area contributed by atoms with E-state index >= 15 is 0 Å². The van der Waals surface area contributed by atoms with E-state index in [1.807, 2.05) is 0 Å². The van der Waals surface area contributed by atoms with Gasteiger partial charge in [-0.3, -0.25) is 0 Å². The Balaban J connectivity index is 2.55. The van der Waals surface area contributed by atoms with Crippen molar-refractivity contribution in [2.75, 3.05) is 6.61 Å². The number of hydrogen-bond acceptors (Lipinski definition) is 2. The fourth-order valence-electron chi connectivity index (χ4n) is 4.83. The monoisotopic (exact) mass is 426 g/mol. The number of ether oxygens (including phenoxy) is 1. The summed E-state index contributed by atoms with van der Waals surface area (Å²) in [6.45, 7) is 16.9. The minimum absolute atomic E-state index is 0.166. The average Bonchev–Trinajstić information content (AvgIpc) is 2.54. The van der Waals surface area contributed by atoms with Crippen molar-refractivity contribution in [2.45, 2.75) is 90.5 Å². The van der Waals surface area contributed by atoms with Crippen LogP contribution in [0.5, 0.6) is 5.75 Å². The van der Waals surface area contributed by atoms with Crippen LogP contribution in [0, 0.1) is 0 Å². The van der Waals surface area contributed by atoms with E-state index in [4.69, 9.17) is 9.16 Å². The second kappa shape index (κ2) is 8.58. The summed E-state index contributed by atoms with van der Waals surface area (Å²) in [5.41, 5.74) is 4.41. The smallest absolute Gasteiger partial charge is 0.258 e. The SMILES string of the molecule is CCOC1CCCc2c(Br)ccc(O[Si](C(C)C)(C(C)C)C(C)C)c21. The first-order chi connectivity index (χ1) is 11.8. The second-order valence-corrected chi connectivity index (χ2v) is 14.4. The van der Waals surface area contributed by atoms with Crippen LogP contribution in [0.4, 0.5) is 0 Å². The molecule has 0 amide bonds. The Kier molecular flexibility index (Phi) is 7.20. The van der Waals surface area contributed by atoms with Gasteiger partial charge in [0.15, 0.2) is 0 Å². The van der Waals surface area contributed by atoms with Crippen molar-refractivity contribution in [1.82, 2.24) is 0 Å². The molecule has 1 unspecified atom stereocenters. The molecule has 0 bridgehead atoms. The fourth-order valence-corrected chi connectivity index (χ4v) is 10.6. The third kappa shape index (κ3) is 4.01. The standard InChI is InChI=1S/C21H35BrO2Si/c1-8-23-19-11-9-10-17-18(22)12-13-20(21(17)19)24-25(14(2)3,15(4)5)16(6)7/h12-16,19H,8-11H2,1-7H3. The van der Waals surface area contributed by atoms with Gasteiger partial charge in [-0.05, 0) is 60.5 Å². The van der Waals surface area contributed by atoms with Crippen LogP contribution in [-0.4, -0.2) is 14.9 Å². The van der Waals surface area contributed by atoms with Crippen LogP contribution in [0.1, 0.15) is 78.5 Å². The van der Waals surface area contributed by atoms with Gasteiger partial charge in [-0.2, -0.15) is 0 Å². The van der Waals surface area contributed by atoms with Crippen LogP contribution in [0.25, 0.3) is 0 Å². The Bertz CT molecular complexity index is 562. The summed E-state index contributed by atoms with van der Waals surface area (Å²) in [5.74, 6) is 1.08. The minimum atomic E-state index is -1.97.